The molecule has 7 nitrogen and oxygen atoms in total. The maximum Gasteiger partial charge on any atom is 0.251 e. The summed E-state index contributed by atoms with van der Waals surface area (Å²) in [6.45, 7) is 7.92. The van der Waals surface area contributed by atoms with Crippen molar-refractivity contribution in [3.05, 3.63) is 29.8 Å². The van der Waals surface area contributed by atoms with E-state index in [4.69, 9.17) is 0 Å². The van der Waals surface area contributed by atoms with E-state index in [0.717, 1.165) is 25.9 Å². The van der Waals surface area contributed by atoms with Crippen molar-refractivity contribution in [1.82, 2.24) is 14.5 Å². The van der Waals surface area contributed by atoms with E-state index in [-0.39, 0.29) is 23.3 Å². The highest BCUT2D eigenvalue weighted by atomic mass is 32.2. The first-order chi connectivity index (χ1) is 12.8. The molecule has 1 aliphatic rings. The number of likely N-dealkylation sites (tertiary alicyclic amines) is 1. The van der Waals surface area contributed by atoms with E-state index in [1.807, 2.05) is 0 Å². The Morgan fingerprint density at radius 3 is 2.19 bits per heavy atom. The number of carbonyl (C=O) groups excluding carboxylic acids is 2. The molecule has 1 aromatic rings. The number of sulfonamides is 1. The molecule has 1 heterocycles. The van der Waals surface area contributed by atoms with E-state index in [1.54, 1.807) is 18.7 Å². The van der Waals surface area contributed by atoms with Crippen LogP contribution in [0.3, 0.4) is 0 Å². The van der Waals surface area contributed by atoms with Gasteiger partial charge in [-0.1, -0.05) is 20.8 Å². The van der Waals surface area contributed by atoms with Gasteiger partial charge in [0.2, 0.25) is 15.9 Å². The van der Waals surface area contributed by atoms with Gasteiger partial charge in [0.1, 0.15) is 0 Å². The van der Waals surface area contributed by atoms with Crippen molar-refractivity contribution in [2.24, 2.45) is 5.92 Å². The molecule has 0 aromatic heterocycles. The molecule has 0 aliphatic carbocycles. The highest BCUT2D eigenvalue weighted by Gasteiger charge is 2.23. The zero-order chi connectivity index (χ0) is 20.0. The number of benzene rings is 1. The zero-order valence-electron chi connectivity index (χ0n) is 16.3. The third-order valence-electron chi connectivity index (χ3n) is 5.00. The number of piperidine rings is 1. The molecular weight excluding hydrogens is 366 g/mol. The van der Waals surface area contributed by atoms with Gasteiger partial charge < -0.3 is 10.2 Å². The molecule has 0 spiro atoms. The predicted molar refractivity (Wildman–Crippen MR) is 104 cm³/mol. The normalized spacial score (nSPS) is 15.8. The fourth-order valence-corrected chi connectivity index (χ4v) is 4.58. The standard InChI is InChI=1S/C19H29N3O4S/c1-4-22(5-2)27(25,26)17-8-6-16(7-9-17)19(24)20-14-18(23)21-12-10-15(3)11-13-21/h6-9,15H,4-5,10-14H2,1-3H3,(H,20,24). The molecule has 1 aliphatic heterocycles. The van der Waals surface area contributed by atoms with Gasteiger partial charge in [0.25, 0.3) is 5.91 Å². The first-order valence-electron chi connectivity index (χ1n) is 9.45. The molecule has 1 aromatic carbocycles. The third kappa shape index (κ3) is 5.29. The summed E-state index contributed by atoms with van der Waals surface area (Å²) >= 11 is 0. The second-order valence-electron chi connectivity index (χ2n) is 6.86. The van der Waals surface area contributed by atoms with Crippen molar-refractivity contribution in [3.8, 4) is 0 Å². The van der Waals surface area contributed by atoms with Gasteiger partial charge in [-0.05, 0) is 43.0 Å². The van der Waals surface area contributed by atoms with E-state index in [1.165, 1.54) is 28.6 Å². The Morgan fingerprint density at radius 2 is 1.67 bits per heavy atom. The maximum absolute atomic E-state index is 12.5. The van der Waals surface area contributed by atoms with Crippen LogP contribution in [0.1, 0.15) is 44.0 Å². The molecule has 0 atom stereocenters. The molecule has 2 rings (SSSR count). The van der Waals surface area contributed by atoms with Crippen LogP contribution in [-0.4, -0.2) is 62.2 Å². The molecule has 0 bridgehead atoms. The van der Waals surface area contributed by atoms with E-state index in [9.17, 15) is 18.0 Å². The lowest BCUT2D eigenvalue weighted by Gasteiger charge is -2.30. The highest BCUT2D eigenvalue weighted by molar-refractivity contribution is 7.89. The summed E-state index contributed by atoms with van der Waals surface area (Å²) in [5, 5.41) is 2.62. The van der Waals surface area contributed by atoms with Crippen molar-refractivity contribution in [2.45, 2.75) is 38.5 Å². The Balaban J connectivity index is 1.94. The molecule has 150 valence electrons. The van der Waals surface area contributed by atoms with Crippen molar-refractivity contribution in [2.75, 3.05) is 32.7 Å². The molecule has 1 saturated heterocycles. The van der Waals surface area contributed by atoms with Crippen LogP contribution >= 0.6 is 0 Å². The van der Waals surface area contributed by atoms with Gasteiger partial charge in [-0.3, -0.25) is 9.59 Å². The van der Waals surface area contributed by atoms with Crippen molar-refractivity contribution in [3.63, 3.8) is 0 Å². The molecule has 8 heteroatoms. The SMILES string of the molecule is CCN(CC)S(=O)(=O)c1ccc(C(=O)NCC(=O)N2CCC(C)CC2)cc1. The van der Waals surface area contributed by atoms with Crippen LogP contribution in [0.5, 0.6) is 0 Å². The number of rotatable bonds is 7. The Hall–Kier alpha value is -1.93. The lowest BCUT2D eigenvalue weighted by Crippen LogP contribution is -2.43. The van der Waals surface area contributed by atoms with Gasteiger partial charge in [0.05, 0.1) is 11.4 Å². The van der Waals surface area contributed by atoms with Crippen LogP contribution in [0.2, 0.25) is 0 Å². The van der Waals surface area contributed by atoms with E-state index < -0.39 is 10.0 Å². The summed E-state index contributed by atoms with van der Waals surface area (Å²) in [5.41, 5.74) is 0.327. The highest BCUT2D eigenvalue weighted by Crippen LogP contribution is 2.17. The van der Waals surface area contributed by atoms with Crippen molar-refractivity contribution < 1.29 is 18.0 Å². The Morgan fingerprint density at radius 1 is 1.11 bits per heavy atom. The maximum atomic E-state index is 12.5. The fourth-order valence-electron chi connectivity index (χ4n) is 3.12. The van der Waals surface area contributed by atoms with Gasteiger partial charge >= 0.3 is 0 Å². The summed E-state index contributed by atoms with van der Waals surface area (Å²) in [6, 6.07) is 5.80. The van der Waals surface area contributed by atoms with Gasteiger partial charge in [-0.25, -0.2) is 8.42 Å². The van der Waals surface area contributed by atoms with Gasteiger partial charge in [-0.2, -0.15) is 4.31 Å². The van der Waals surface area contributed by atoms with E-state index >= 15 is 0 Å². The van der Waals surface area contributed by atoms with E-state index in [2.05, 4.69) is 12.2 Å². The second kappa shape index (κ2) is 9.32. The number of nitrogens with zero attached hydrogens (tertiary/aromatic N) is 2. The summed E-state index contributed by atoms with van der Waals surface area (Å²) in [5.74, 6) is 0.159. The molecule has 0 unspecified atom stereocenters. The molecule has 2 amide bonds. The lowest BCUT2D eigenvalue weighted by molar-refractivity contribution is -0.131. The quantitative estimate of drug-likeness (QED) is 0.761. The zero-order valence-corrected chi connectivity index (χ0v) is 17.1. The van der Waals surface area contributed by atoms with Gasteiger partial charge in [-0.15, -0.1) is 0 Å². The van der Waals surface area contributed by atoms with Gasteiger partial charge in [0.15, 0.2) is 0 Å². The molecule has 0 radical (unpaired) electrons. The summed E-state index contributed by atoms with van der Waals surface area (Å²) in [4.78, 5) is 26.4. The molecular formula is C19H29N3O4S. The Bertz CT molecular complexity index is 750. The first-order valence-corrected chi connectivity index (χ1v) is 10.9. The Kier molecular flexibility index (Phi) is 7.38. The second-order valence-corrected chi connectivity index (χ2v) is 8.80. The number of hydrogen-bond acceptors (Lipinski definition) is 4. The topological polar surface area (TPSA) is 86.8 Å². The third-order valence-corrected chi connectivity index (χ3v) is 7.06. The van der Waals surface area contributed by atoms with Crippen LogP contribution < -0.4 is 5.32 Å². The number of amides is 2. The molecule has 1 N–H and O–H groups in total. The van der Waals surface area contributed by atoms with Gasteiger partial charge in [0, 0.05) is 31.7 Å². The number of carbonyl (C=O) groups is 2. The van der Waals surface area contributed by atoms with Crippen LogP contribution in [0.15, 0.2) is 29.2 Å². The number of hydrogen-bond donors (Lipinski definition) is 1. The minimum Gasteiger partial charge on any atom is -0.343 e. The monoisotopic (exact) mass is 395 g/mol. The Labute approximate surface area is 161 Å². The van der Waals surface area contributed by atoms with Crippen molar-refractivity contribution >= 4 is 21.8 Å². The number of nitrogens with one attached hydrogen (secondary N) is 1. The van der Waals surface area contributed by atoms with Crippen LogP contribution in [0, 0.1) is 5.92 Å². The summed E-state index contributed by atoms with van der Waals surface area (Å²) < 4.78 is 26.3. The molecule has 1 fully saturated rings. The summed E-state index contributed by atoms with van der Waals surface area (Å²) in [6.07, 6.45) is 1.98. The lowest BCUT2D eigenvalue weighted by atomic mass is 9.99. The van der Waals surface area contributed by atoms with Crippen LogP contribution in [-0.2, 0) is 14.8 Å². The molecule has 27 heavy (non-hydrogen) atoms. The fraction of sp³-hybridized carbons (Fsp3) is 0.579. The van der Waals surface area contributed by atoms with Crippen LogP contribution in [0.25, 0.3) is 0 Å². The average Bonchev–Trinajstić information content (AvgIpc) is 2.67. The van der Waals surface area contributed by atoms with Crippen molar-refractivity contribution in [1.29, 1.82) is 0 Å². The minimum absolute atomic E-state index is 0.0489. The summed E-state index contributed by atoms with van der Waals surface area (Å²) in [7, 11) is -3.55. The predicted octanol–water partition coefficient (Wildman–Crippen LogP) is 1.71. The largest absolute Gasteiger partial charge is 0.343 e. The molecule has 0 saturated carbocycles. The van der Waals surface area contributed by atoms with Crippen LogP contribution in [0.4, 0.5) is 0 Å². The van der Waals surface area contributed by atoms with E-state index in [0.29, 0.717) is 24.6 Å². The smallest absolute Gasteiger partial charge is 0.251 e. The average molecular weight is 396 g/mol. The first kappa shape index (κ1) is 21.4. The minimum atomic E-state index is -3.55.